The number of hydrogen-bond donors (Lipinski definition) is 2. The van der Waals surface area contributed by atoms with Crippen LogP contribution < -0.4 is 5.32 Å². The largest absolute Gasteiger partial charge is 0.359 e. The molecular formula is C11H18N6. The first-order valence-electron chi connectivity index (χ1n) is 5.99. The molecular weight excluding hydrogens is 216 g/mol. The first kappa shape index (κ1) is 11.6. The van der Waals surface area contributed by atoms with Crippen molar-refractivity contribution in [3.8, 4) is 0 Å². The monoisotopic (exact) mass is 234 g/mol. The van der Waals surface area contributed by atoms with Gasteiger partial charge in [0.25, 0.3) is 0 Å². The molecule has 2 aromatic rings. The molecule has 0 saturated heterocycles. The Hall–Kier alpha value is -1.85. The minimum absolute atomic E-state index is 0.166. The van der Waals surface area contributed by atoms with Crippen molar-refractivity contribution in [1.29, 1.82) is 0 Å². The second-order valence-electron chi connectivity index (χ2n) is 3.92. The maximum Gasteiger partial charge on any atom is 0.145 e. The Morgan fingerprint density at radius 3 is 3.00 bits per heavy atom. The van der Waals surface area contributed by atoms with E-state index in [0.717, 1.165) is 31.0 Å². The van der Waals surface area contributed by atoms with E-state index in [-0.39, 0.29) is 6.04 Å². The van der Waals surface area contributed by atoms with Gasteiger partial charge in [0.1, 0.15) is 11.6 Å². The average Bonchev–Trinajstić information content (AvgIpc) is 2.97. The minimum atomic E-state index is 0.166. The fourth-order valence-electron chi connectivity index (χ4n) is 1.76. The highest BCUT2D eigenvalue weighted by molar-refractivity contribution is 5.33. The number of aryl methyl sites for hydroxylation is 1. The second kappa shape index (κ2) is 5.47. The smallest absolute Gasteiger partial charge is 0.145 e. The number of aromatic amines is 1. The summed E-state index contributed by atoms with van der Waals surface area (Å²) >= 11 is 0. The SMILES string of the molecule is CCCn1nncc1NC(CC)c1ncc[nH]1. The van der Waals surface area contributed by atoms with Gasteiger partial charge in [0, 0.05) is 18.9 Å². The van der Waals surface area contributed by atoms with Gasteiger partial charge in [0.15, 0.2) is 0 Å². The zero-order valence-electron chi connectivity index (χ0n) is 10.2. The van der Waals surface area contributed by atoms with Crippen LogP contribution in [0.5, 0.6) is 0 Å². The number of nitrogens with zero attached hydrogens (tertiary/aromatic N) is 4. The molecule has 0 aromatic carbocycles. The summed E-state index contributed by atoms with van der Waals surface area (Å²) in [5.74, 6) is 1.88. The molecule has 2 heterocycles. The summed E-state index contributed by atoms with van der Waals surface area (Å²) in [6.07, 6.45) is 7.34. The lowest BCUT2D eigenvalue weighted by Gasteiger charge is -2.16. The Labute approximate surface area is 100 Å². The fraction of sp³-hybridized carbons (Fsp3) is 0.545. The molecule has 0 aliphatic heterocycles. The van der Waals surface area contributed by atoms with E-state index in [0.29, 0.717) is 0 Å². The predicted molar refractivity (Wildman–Crippen MR) is 65.6 cm³/mol. The van der Waals surface area contributed by atoms with Gasteiger partial charge < -0.3 is 10.3 Å². The Morgan fingerprint density at radius 2 is 2.35 bits per heavy atom. The van der Waals surface area contributed by atoms with Crippen molar-refractivity contribution in [2.24, 2.45) is 0 Å². The number of aromatic nitrogens is 5. The maximum absolute atomic E-state index is 4.28. The van der Waals surface area contributed by atoms with Gasteiger partial charge in [-0.3, -0.25) is 0 Å². The summed E-state index contributed by atoms with van der Waals surface area (Å²) in [5, 5.41) is 11.4. The Balaban J connectivity index is 2.10. The molecule has 6 nitrogen and oxygen atoms in total. The minimum Gasteiger partial charge on any atom is -0.359 e. The molecule has 2 aromatic heterocycles. The summed E-state index contributed by atoms with van der Waals surface area (Å²) in [4.78, 5) is 7.40. The summed E-state index contributed by atoms with van der Waals surface area (Å²) in [5.41, 5.74) is 0. The number of rotatable bonds is 6. The molecule has 0 spiro atoms. The highest BCUT2D eigenvalue weighted by Crippen LogP contribution is 2.18. The van der Waals surface area contributed by atoms with Gasteiger partial charge in [-0.15, -0.1) is 5.10 Å². The van der Waals surface area contributed by atoms with Crippen LogP contribution in [0.15, 0.2) is 18.6 Å². The van der Waals surface area contributed by atoms with Crippen molar-refractivity contribution in [1.82, 2.24) is 25.0 Å². The van der Waals surface area contributed by atoms with Crippen molar-refractivity contribution in [2.75, 3.05) is 5.32 Å². The molecule has 92 valence electrons. The van der Waals surface area contributed by atoms with Crippen LogP contribution in [0.25, 0.3) is 0 Å². The molecule has 0 amide bonds. The van der Waals surface area contributed by atoms with Gasteiger partial charge in [-0.05, 0) is 12.8 Å². The fourth-order valence-corrected chi connectivity index (χ4v) is 1.76. The van der Waals surface area contributed by atoms with E-state index in [4.69, 9.17) is 0 Å². The van der Waals surface area contributed by atoms with Crippen LogP contribution in [0.3, 0.4) is 0 Å². The third-order valence-electron chi connectivity index (χ3n) is 2.63. The van der Waals surface area contributed by atoms with Gasteiger partial charge in [0.2, 0.25) is 0 Å². The number of H-pyrrole nitrogens is 1. The molecule has 1 unspecified atom stereocenters. The number of anilines is 1. The number of nitrogens with one attached hydrogen (secondary N) is 2. The van der Waals surface area contributed by atoms with E-state index in [1.54, 1.807) is 12.4 Å². The van der Waals surface area contributed by atoms with Gasteiger partial charge >= 0.3 is 0 Å². The second-order valence-corrected chi connectivity index (χ2v) is 3.92. The van der Waals surface area contributed by atoms with E-state index in [2.05, 4.69) is 39.4 Å². The normalized spacial score (nSPS) is 12.6. The number of imidazole rings is 1. The molecule has 0 bridgehead atoms. The Morgan fingerprint density at radius 1 is 1.47 bits per heavy atom. The van der Waals surface area contributed by atoms with Crippen LogP contribution in [-0.4, -0.2) is 25.0 Å². The van der Waals surface area contributed by atoms with E-state index < -0.39 is 0 Å². The predicted octanol–water partition coefficient (Wildman–Crippen LogP) is 1.97. The molecule has 0 saturated carbocycles. The van der Waals surface area contributed by atoms with Crippen molar-refractivity contribution in [3.05, 3.63) is 24.4 Å². The summed E-state index contributed by atoms with van der Waals surface area (Å²) in [7, 11) is 0. The van der Waals surface area contributed by atoms with Crippen LogP contribution >= 0.6 is 0 Å². The third kappa shape index (κ3) is 2.64. The lowest BCUT2D eigenvalue weighted by molar-refractivity contribution is 0.575. The van der Waals surface area contributed by atoms with Gasteiger partial charge in [-0.1, -0.05) is 19.1 Å². The molecule has 0 aliphatic carbocycles. The van der Waals surface area contributed by atoms with Crippen LogP contribution in [0.2, 0.25) is 0 Å². The molecule has 2 rings (SSSR count). The van der Waals surface area contributed by atoms with Gasteiger partial charge in [-0.2, -0.15) is 0 Å². The Kier molecular flexibility index (Phi) is 3.74. The summed E-state index contributed by atoms with van der Waals surface area (Å²) in [6, 6.07) is 0.166. The zero-order valence-corrected chi connectivity index (χ0v) is 10.2. The highest BCUT2D eigenvalue weighted by atomic mass is 15.5. The van der Waals surface area contributed by atoms with Crippen LogP contribution in [0.4, 0.5) is 5.82 Å². The first-order valence-corrected chi connectivity index (χ1v) is 5.99. The molecule has 6 heteroatoms. The third-order valence-corrected chi connectivity index (χ3v) is 2.63. The van der Waals surface area contributed by atoms with E-state index in [1.165, 1.54) is 0 Å². The number of hydrogen-bond acceptors (Lipinski definition) is 4. The van der Waals surface area contributed by atoms with Crippen LogP contribution in [0.1, 0.15) is 38.6 Å². The maximum atomic E-state index is 4.28. The van der Waals surface area contributed by atoms with Crippen molar-refractivity contribution < 1.29 is 0 Å². The zero-order chi connectivity index (χ0) is 12.1. The standard InChI is InChI=1S/C11H18N6/c1-3-7-17-10(8-14-16-17)15-9(4-2)11-12-5-6-13-11/h5-6,8-9,15H,3-4,7H2,1-2H3,(H,12,13). The van der Waals surface area contributed by atoms with Gasteiger partial charge in [-0.25, -0.2) is 9.67 Å². The van der Waals surface area contributed by atoms with Crippen LogP contribution in [0, 0.1) is 0 Å². The molecule has 17 heavy (non-hydrogen) atoms. The van der Waals surface area contributed by atoms with Crippen molar-refractivity contribution in [2.45, 2.75) is 39.3 Å². The molecule has 1 atom stereocenters. The highest BCUT2D eigenvalue weighted by Gasteiger charge is 2.13. The van der Waals surface area contributed by atoms with Crippen LogP contribution in [-0.2, 0) is 6.54 Å². The van der Waals surface area contributed by atoms with E-state index >= 15 is 0 Å². The molecule has 0 aliphatic rings. The van der Waals surface area contributed by atoms with E-state index in [1.807, 2.05) is 10.9 Å². The quantitative estimate of drug-likeness (QED) is 0.801. The first-order chi connectivity index (χ1) is 8.35. The lowest BCUT2D eigenvalue weighted by atomic mass is 10.2. The summed E-state index contributed by atoms with van der Waals surface area (Å²) in [6.45, 7) is 5.11. The summed E-state index contributed by atoms with van der Waals surface area (Å²) < 4.78 is 1.88. The van der Waals surface area contributed by atoms with Gasteiger partial charge in [0.05, 0.1) is 12.2 Å². The van der Waals surface area contributed by atoms with Crippen molar-refractivity contribution in [3.63, 3.8) is 0 Å². The molecule has 0 radical (unpaired) electrons. The van der Waals surface area contributed by atoms with E-state index in [9.17, 15) is 0 Å². The van der Waals surface area contributed by atoms with Crippen molar-refractivity contribution >= 4 is 5.82 Å². The molecule has 2 N–H and O–H groups in total. The lowest BCUT2D eigenvalue weighted by Crippen LogP contribution is -2.15. The average molecular weight is 234 g/mol. The topological polar surface area (TPSA) is 71.4 Å². The Bertz CT molecular complexity index is 433. The molecule has 0 fully saturated rings.